The molecule has 0 aliphatic carbocycles. The highest BCUT2D eigenvalue weighted by Gasteiger charge is 2.35. The Balaban J connectivity index is 0.000000181. The van der Waals surface area contributed by atoms with Gasteiger partial charge in [-0.2, -0.15) is 0 Å². The van der Waals surface area contributed by atoms with Gasteiger partial charge in [0.1, 0.15) is 11.5 Å². The van der Waals surface area contributed by atoms with Gasteiger partial charge in [0.15, 0.2) is 11.2 Å². The third-order valence-corrected chi connectivity index (χ3v) is 5.83. The van der Waals surface area contributed by atoms with E-state index in [4.69, 9.17) is 0 Å². The summed E-state index contributed by atoms with van der Waals surface area (Å²) in [7, 11) is 12.2. The van der Waals surface area contributed by atoms with Gasteiger partial charge in [-0.15, -0.1) is 0 Å². The van der Waals surface area contributed by atoms with E-state index in [2.05, 4.69) is 0 Å². The molecule has 0 bridgehead atoms. The predicted octanol–water partition coefficient (Wildman–Crippen LogP) is -3.48. The summed E-state index contributed by atoms with van der Waals surface area (Å²) < 4.78 is 7.19. The molecule has 4 heterocycles. The number of fused-ring (bicyclic) bond motifs is 2. The van der Waals surface area contributed by atoms with E-state index < -0.39 is 28.8 Å². The number of aliphatic hydroxyl groups excluding tert-OH is 1. The molecule has 1 atom stereocenters. The lowest BCUT2D eigenvalue weighted by molar-refractivity contribution is 0.182. The van der Waals surface area contributed by atoms with Gasteiger partial charge >= 0.3 is 17.1 Å². The zero-order valence-electron chi connectivity index (χ0n) is 19.1. The van der Waals surface area contributed by atoms with Gasteiger partial charge in [-0.25, -0.2) is 14.4 Å². The highest BCUT2D eigenvalue weighted by atomic mass is 16.3. The van der Waals surface area contributed by atoms with E-state index in [0.717, 1.165) is 9.13 Å². The maximum Gasteiger partial charge on any atom is 0.332 e. The molecular formula is C18H26N8O6. The molecule has 1 aliphatic rings. The Hall–Kier alpha value is -3.81. The van der Waals surface area contributed by atoms with Crippen LogP contribution >= 0.6 is 0 Å². The average Bonchev–Trinajstić information content (AvgIpc) is 3.13. The van der Waals surface area contributed by atoms with Gasteiger partial charge < -0.3 is 14.9 Å². The summed E-state index contributed by atoms with van der Waals surface area (Å²) in [6.45, 7) is 0. The molecule has 0 saturated heterocycles. The van der Waals surface area contributed by atoms with Gasteiger partial charge in [-0.05, 0) is 0 Å². The minimum Gasteiger partial charge on any atom is -0.356 e. The first-order valence-corrected chi connectivity index (χ1v) is 9.50. The van der Waals surface area contributed by atoms with Crippen LogP contribution in [0.15, 0.2) is 24.0 Å². The molecule has 0 aromatic carbocycles. The standard InChI is InChI=1S/C9H14N4O3.C9H12N4O3/c2*1-10-5-6(11(2)8(10)15)12(3)9(16)13(4)7(5)14/h8,15H,1-4H3;1-4H3. The molecule has 3 aromatic rings. The molecule has 1 N–H and O–H groups in total. The van der Waals surface area contributed by atoms with E-state index in [9.17, 15) is 29.1 Å². The fraction of sp³-hybridized carbons (Fsp3) is 0.500. The Labute approximate surface area is 180 Å². The lowest BCUT2D eigenvalue weighted by Gasteiger charge is -2.21. The Morgan fingerprint density at radius 3 is 1.53 bits per heavy atom. The topological polar surface area (TPSA) is 142 Å². The van der Waals surface area contributed by atoms with Crippen molar-refractivity contribution in [3.63, 3.8) is 0 Å². The first-order chi connectivity index (χ1) is 14.7. The van der Waals surface area contributed by atoms with E-state index >= 15 is 0 Å². The van der Waals surface area contributed by atoms with Crippen LogP contribution in [0.25, 0.3) is 11.2 Å². The smallest absolute Gasteiger partial charge is 0.332 e. The van der Waals surface area contributed by atoms with Crippen LogP contribution in [0, 0.1) is 0 Å². The van der Waals surface area contributed by atoms with E-state index in [1.54, 1.807) is 21.1 Å². The molecule has 174 valence electrons. The summed E-state index contributed by atoms with van der Waals surface area (Å²) in [4.78, 5) is 61.8. The first kappa shape index (κ1) is 22.9. The summed E-state index contributed by atoms with van der Waals surface area (Å²) in [6, 6.07) is 0. The van der Waals surface area contributed by atoms with Crippen LogP contribution in [-0.4, -0.2) is 53.0 Å². The molecule has 0 fully saturated rings. The Kier molecular flexibility index (Phi) is 5.29. The third kappa shape index (κ3) is 2.86. The number of imidazole rings is 1. The van der Waals surface area contributed by atoms with Crippen molar-refractivity contribution < 1.29 is 5.11 Å². The molecular weight excluding hydrogens is 424 g/mol. The minimum atomic E-state index is -0.921. The predicted molar refractivity (Wildman–Crippen MR) is 118 cm³/mol. The monoisotopic (exact) mass is 450 g/mol. The van der Waals surface area contributed by atoms with Gasteiger partial charge in [-0.1, -0.05) is 0 Å². The molecule has 0 radical (unpaired) electrons. The quantitative estimate of drug-likeness (QED) is 0.372. The van der Waals surface area contributed by atoms with Crippen LogP contribution < -0.4 is 38.0 Å². The number of aromatic nitrogens is 6. The number of rotatable bonds is 0. The van der Waals surface area contributed by atoms with Crippen LogP contribution in [0.3, 0.4) is 0 Å². The van der Waals surface area contributed by atoms with Crippen LogP contribution in [0.5, 0.6) is 0 Å². The van der Waals surface area contributed by atoms with Crippen molar-refractivity contribution in [2.75, 3.05) is 23.9 Å². The Morgan fingerprint density at radius 1 is 0.562 bits per heavy atom. The average molecular weight is 450 g/mol. The third-order valence-electron chi connectivity index (χ3n) is 5.83. The van der Waals surface area contributed by atoms with Crippen molar-refractivity contribution in [1.82, 2.24) is 27.4 Å². The zero-order chi connectivity index (χ0) is 24.4. The fourth-order valence-electron chi connectivity index (χ4n) is 3.92. The zero-order valence-corrected chi connectivity index (χ0v) is 19.1. The second kappa shape index (κ2) is 7.40. The summed E-state index contributed by atoms with van der Waals surface area (Å²) in [6.07, 6.45) is -0.921. The van der Waals surface area contributed by atoms with Crippen LogP contribution in [0.2, 0.25) is 0 Å². The van der Waals surface area contributed by atoms with Gasteiger partial charge in [0, 0.05) is 56.4 Å². The van der Waals surface area contributed by atoms with Crippen LogP contribution in [-0.2, 0) is 42.3 Å². The van der Waals surface area contributed by atoms with Crippen LogP contribution in [0.4, 0.5) is 11.5 Å². The van der Waals surface area contributed by atoms with Gasteiger partial charge in [-0.3, -0.25) is 37.0 Å². The molecule has 0 amide bonds. The summed E-state index contributed by atoms with van der Waals surface area (Å²) in [5.74, 6) is 0.433. The van der Waals surface area contributed by atoms with Crippen molar-refractivity contribution in [2.45, 2.75) is 6.35 Å². The second-order valence-electron chi connectivity index (χ2n) is 7.72. The van der Waals surface area contributed by atoms with Gasteiger partial charge in [0.05, 0.1) is 0 Å². The van der Waals surface area contributed by atoms with Crippen molar-refractivity contribution in [1.29, 1.82) is 0 Å². The first-order valence-electron chi connectivity index (χ1n) is 9.50. The Bertz CT molecular complexity index is 1550. The molecule has 1 aliphatic heterocycles. The molecule has 3 aromatic heterocycles. The number of nitrogens with zero attached hydrogens (tertiary/aromatic N) is 8. The maximum atomic E-state index is 11.9. The number of hydrogen-bond donors (Lipinski definition) is 1. The lowest BCUT2D eigenvalue weighted by atomic mass is 10.4. The van der Waals surface area contributed by atoms with Gasteiger partial charge in [0.25, 0.3) is 11.1 Å². The van der Waals surface area contributed by atoms with Crippen LogP contribution in [0.1, 0.15) is 0 Å². The van der Waals surface area contributed by atoms with Gasteiger partial charge in [0.2, 0.25) is 6.35 Å². The molecule has 0 saturated carbocycles. The largest absolute Gasteiger partial charge is 0.356 e. The summed E-state index contributed by atoms with van der Waals surface area (Å²) in [5.41, 5.74) is -1.13. The van der Waals surface area contributed by atoms with Crippen molar-refractivity contribution in [2.24, 2.45) is 42.3 Å². The summed E-state index contributed by atoms with van der Waals surface area (Å²) >= 11 is 0. The van der Waals surface area contributed by atoms with Crippen molar-refractivity contribution in [3.05, 3.63) is 52.2 Å². The SMILES string of the molecule is CN1c2c(n(C)c(=O)n(C)c2=O)N(C)C1O.Cn1c(=O)c2c(n(C)c1=O)n(C)c(=O)n2C. The molecule has 14 heteroatoms. The van der Waals surface area contributed by atoms with E-state index in [0.29, 0.717) is 17.2 Å². The van der Waals surface area contributed by atoms with E-state index in [1.165, 1.54) is 63.3 Å². The number of anilines is 2. The van der Waals surface area contributed by atoms with Crippen molar-refractivity contribution >= 4 is 22.7 Å². The highest BCUT2D eigenvalue weighted by Crippen LogP contribution is 2.31. The molecule has 4 rings (SSSR count). The van der Waals surface area contributed by atoms with E-state index in [-0.39, 0.29) is 11.2 Å². The number of hydrogen-bond acceptors (Lipinski definition) is 8. The van der Waals surface area contributed by atoms with Crippen molar-refractivity contribution in [3.8, 4) is 0 Å². The number of aliphatic hydroxyl groups is 1. The Morgan fingerprint density at radius 2 is 1.00 bits per heavy atom. The molecule has 0 spiro atoms. The second-order valence-corrected chi connectivity index (χ2v) is 7.72. The fourth-order valence-corrected chi connectivity index (χ4v) is 3.92. The molecule has 14 nitrogen and oxygen atoms in total. The molecule has 32 heavy (non-hydrogen) atoms. The molecule has 1 unspecified atom stereocenters. The van der Waals surface area contributed by atoms with E-state index in [1.807, 2.05) is 0 Å². The normalized spacial score (nSPS) is 15.2. The lowest BCUT2D eigenvalue weighted by Crippen LogP contribution is -2.39. The summed E-state index contributed by atoms with van der Waals surface area (Å²) in [5, 5.41) is 9.81. The maximum absolute atomic E-state index is 11.9. The minimum absolute atomic E-state index is 0.233. The highest BCUT2D eigenvalue weighted by molar-refractivity contribution is 5.72. The number of aryl methyl sites for hydroxylation is 3.